The molecule has 0 heterocycles. The summed E-state index contributed by atoms with van der Waals surface area (Å²) in [5.41, 5.74) is 0. The fourth-order valence-corrected chi connectivity index (χ4v) is 4.73. The van der Waals surface area contributed by atoms with Gasteiger partial charge < -0.3 is 0 Å². The summed E-state index contributed by atoms with van der Waals surface area (Å²) < 4.78 is 0. The molecule has 7 unspecified atom stereocenters. The van der Waals surface area contributed by atoms with Gasteiger partial charge in [-0.25, -0.2) is 0 Å². The molecule has 0 radical (unpaired) electrons. The fourth-order valence-electron chi connectivity index (χ4n) is 4.73. The molecule has 0 heteroatoms. The second-order valence-electron chi connectivity index (χ2n) is 5.64. The van der Waals surface area contributed by atoms with Crippen LogP contribution >= 0.6 is 0 Å². The minimum absolute atomic E-state index is 1.04. The third-order valence-electron chi connectivity index (χ3n) is 5.65. The average Bonchev–Trinajstić information content (AvgIpc) is 2.16. The van der Waals surface area contributed by atoms with Gasteiger partial charge in [-0.2, -0.15) is 0 Å². The molecule has 0 aliphatic heterocycles. The molecule has 3 rings (SSSR count). The molecule has 0 bridgehead atoms. The summed E-state index contributed by atoms with van der Waals surface area (Å²) >= 11 is 0. The second-order valence-corrected chi connectivity index (χ2v) is 5.64. The van der Waals surface area contributed by atoms with E-state index in [1.165, 1.54) is 0 Å². The van der Waals surface area contributed by atoms with Crippen LogP contribution in [0.4, 0.5) is 0 Å². The maximum Gasteiger partial charge on any atom is -0.0321 e. The van der Waals surface area contributed by atoms with Crippen LogP contribution in [0.25, 0.3) is 0 Å². The van der Waals surface area contributed by atoms with Crippen LogP contribution in [-0.4, -0.2) is 0 Å². The van der Waals surface area contributed by atoms with Gasteiger partial charge >= 0.3 is 0 Å². The van der Waals surface area contributed by atoms with Crippen LogP contribution in [0.15, 0.2) is 0 Å². The lowest BCUT2D eigenvalue weighted by atomic mass is 9.55. The predicted octanol–water partition coefficient (Wildman–Crippen LogP) is 3.18. The molecule has 3 saturated carbocycles. The van der Waals surface area contributed by atoms with Crippen molar-refractivity contribution >= 4 is 0 Å². The van der Waals surface area contributed by atoms with E-state index in [0.29, 0.717) is 0 Å². The van der Waals surface area contributed by atoms with E-state index < -0.39 is 0 Å². The van der Waals surface area contributed by atoms with Crippen LogP contribution in [0.2, 0.25) is 0 Å². The van der Waals surface area contributed by atoms with Crippen molar-refractivity contribution in [1.82, 2.24) is 0 Å². The summed E-state index contributed by atoms with van der Waals surface area (Å²) in [5, 5.41) is 0. The smallest absolute Gasteiger partial charge is 0.0321 e. The van der Waals surface area contributed by atoms with Crippen LogP contribution in [0, 0.1) is 41.4 Å². The van der Waals surface area contributed by atoms with Gasteiger partial charge in [0.15, 0.2) is 0 Å². The molecule has 0 N–H and O–H groups in total. The first-order valence-electron chi connectivity index (χ1n) is 5.72. The number of hydrogen-bond donors (Lipinski definition) is 0. The molecule has 3 fully saturated rings. The monoisotopic (exact) mass is 164 g/mol. The molecular weight excluding hydrogens is 144 g/mol. The van der Waals surface area contributed by atoms with Crippen LogP contribution in [0.5, 0.6) is 0 Å². The Labute approximate surface area is 75.7 Å². The van der Waals surface area contributed by atoms with Crippen LogP contribution in [0.1, 0.15) is 33.6 Å². The Balaban J connectivity index is 1.88. The van der Waals surface area contributed by atoms with E-state index in [4.69, 9.17) is 0 Å². The molecule has 0 aromatic rings. The summed E-state index contributed by atoms with van der Waals surface area (Å²) in [4.78, 5) is 0. The molecule has 0 aromatic heterocycles. The van der Waals surface area contributed by atoms with Gasteiger partial charge in [-0.1, -0.05) is 20.8 Å². The lowest BCUT2D eigenvalue weighted by Crippen LogP contribution is -2.44. The quantitative estimate of drug-likeness (QED) is 0.516. The topological polar surface area (TPSA) is 0 Å². The van der Waals surface area contributed by atoms with Gasteiger partial charge in [0.1, 0.15) is 0 Å². The third-order valence-corrected chi connectivity index (χ3v) is 5.65. The van der Waals surface area contributed by atoms with Crippen molar-refractivity contribution in [3.8, 4) is 0 Å². The predicted molar refractivity (Wildman–Crippen MR) is 50.7 cm³/mol. The highest BCUT2D eigenvalue weighted by molar-refractivity contribution is 5.10. The van der Waals surface area contributed by atoms with E-state index in [1.54, 1.807) is 12.8 Å². The molecule has 12 heavy (non-hydrogen) atoms. The van der Waals surface area contributed by atoms with Gasteiger partial charge in [0.25, 0.3) is 0 Å². The summed E-state index contributed by atoms with van der Waals surface area (Å²) in [5.74, 6) is 7.73. The minimum Gasteiger partial charge on any atom is -0.0620 e. The minimum atomic E-state index is 1.04. The first-order chi connectivity index (χ1) is 5.72. The molecule has 0 aromatic carbocycles. The Kier molecular flexibility index (Phi) is 1.28. The zero-order valence-electron chi connectivity index (χ0n) is 8.46. The molecule has 3 aliphatic rings. The maximum atomic E-state index is 2.52. The van der Waals surface area contributed by atoms with Gasteiger partial charge in [0, 0.05) is 0 Å². The standard InChI is InChI=1S/C12H20/c1-6-7(2)12-10-5-4-9(10)8(3)11(6)12/h6-12H,4-5H2,1-3H3. The van der Waals surface area contributed by atoms with E-state index in [1.807, 2.05) is 0 Å². The van der Waals surface area contributed by atoms with Crippen LogP contribution in [-0.2, 0) is 0 Å². The Bertz CT molecular complexity index is 192. The molecule has 68 valence electrons. The van der Waals surface area contributed by atoms with E-state index >= 15 is 0 Å². The molecular formula is C12H20. The van der Waals surface area contributed by atoms with Crippen molar-refractivity contribution in [2.24, 2.45) is 41.4 Å². The summed E-state index contributed by atoms with van der Waals surface area (Å²) in [6.07, 6.45) is 3.12. The second kappa shape index (κ2) is 2.08. The summed E-state index contributed by atoms with van der Waals surface area (Å²) in [6.45, 7) is 7.48. The normalized spacial score (nSPS) is 67.8. The molecule has 0 saturated heterocycles. The summed E-state index contributed by atoms with van der Waals surface area (Å²) in [7, 11) is 0. The lowest BCUT2D eigenvalue weighted by Gasteiger charge is -2.50. The Morgan fingerprint density at radius 3 is 1.83 bits per heavy atom. The van der Waals surface area contributed by atoms with Gasteiger partial charge in [0.05, 0.1) is 0 Å². The first-order valence-corrected chi connectivity index (χ1v) is 5.72. The van der Waals surface area contributed by atoms with Crippen molar-refractivity contribution in [1.29, 1.82) is 0 Å². The largest absolute Gasteiger partial charge is 0.0620 e. The first kappa shape index (κ1) is 7.41. The van der Waals surface area contributed by atoms with Crippen molar-refractivity contribution in [2.45, 2.75) is 33.6 Å². The molecule has 0 nitrogen and oxygen atoms in total. The zero-order valence-corrected chi connectivity index (χ0v) is 8.46. The molecule has 0 amide bonds. The van der Waals surface area contributed by atoms with Crippen LogP contribution < -0.4 is 0 Å². The highest BCUT2D eigenvalue weighted by Gasteiger charge is 2.62. The van der Waals surface area contributed by atoms with E-state index in [0.717, 1.165) is 41.4 Å². The Morgan fingerprint density at radius 2 is 1.25 bits per heavy atom. The molecule has 7 atom stereocenters. The molecule has 3 aliphatic carbocycles. The van der Waals surface area contributed by atoms with E-state index in [2.05, 4.69) is 20.8 Å². The average molecular weight is 164 g/mol. The van der Waals surface area contributed by atoms with Gasteiger partial charge in [-0.15, -0.1) is 0 Å². The maximum absolute atomic E-state index is 2.52. The van der Waals surface area contributed by atoms with Crippen molar-refractivity contribution in [2.75, 3.05) is 0 Å². The highest BCUT2D eigenvalue weighted by atomic mass is 14.7. The van der Waals surface area contributed by atoms with Gasteiger partial charge in [-0.3, -0.25) is 0 Å². The van der Waals surface area contributed by atoms with E-state index in [9.17, 15) is 0 Å². The third kappa shape index (κ3) is 0.592. The SMILES string of the molecule is CC1C(C)C2C3CCC3C(C)C12. The van der Waals surface area contributed by atoms with Crippen molar-refractivity contribution < 1.29 is 0 Å². The number of hydrogen-bond acceptors (Lipinski definition) is 0. The van der Waals surface area contributed by atoms with E-state index in [-0.39, 0.29) is 0 Å². The number of fused-ring (bicyclic) bond motifs is 3. The fraction of sp³-hybridized carbons (Fsp3) is 1.00. The summed E-state index contributed by atoms with van der Waals surface area (Å²) in [6, 6.07) is 0. The van der Waals surface area contributed by atoms with Crippen LogP contribution in [0.3, 0.4) is 0 Å². The number of rotatable bonds is 0. The van der Waals surface area contributed by atoms with Crippen molar-refractivity contribution in [3.63, 3.8) is 0 Å². The van der Waals surface area contributed by atoms with Gasteiger partial charge in [-0.05, 0) is 54.3 Å². The molecule has 0 spiro atoms. The van der Waals surface area contributed by atoms with Crippen molar-refractivity contribution in [3.05, 3.63) is 0 Å². The Hall–Kier alpha value is 0. The highest BCUT2D eigenvalue weighted by Crippen LogP contribution is 2.67. The Morgan fingerprint density at radius 1 is 0.667 bits per heavy atom. The zero-order chi connectivity index (χ0) is 8.46. The van der Waals surface area contributed by atoms with Gasteiger partial charge in [0.2, 0.25) is 0 Å². The lowest BCUT2D eigenvalue weighted by molar-refractivity contribution is -0.0188.